The number of allylic oxidation sites excluding steroid dienone is 1. The van der Waals surface area contributed by atoms with Crippen LogP contribution in [0.2, 0.25) is 0 Å². The molecule has 1 saturated heterocycles. The average molecular weight is 561 g/mol. The first-order chi connectivity index (χ1) is 18.8. The van der Waals surface area contributed by atoms with Crippen molar-refractivity contribution in [2.45, 2.75) is 36.4 Å². The Morgan fingerprint density at radius 1 is 1.00 bits per heavy atom. The van der Waals surface area contributed by atoms with Gasteiger partial charge in [0, 0.05) is 38.5 Å². The van der Waals surface area contributed by atoms with Crippen molar-refractivity contribution in [1.29, 1.82) is 0 Å². The van der Waals surface area contributed by atoms with Crippen molar-refractivity contribution >= 4 is 15.9 Å². The number of hydrogen-bond acceptors (Lipinski definition) is 8. The molecule has 10 nitrogen and oxygen atoms in total. The van der Waals surface area contributed by atoms with E-state index in [1.165, 1.54) is 23.5 Å². The number of benzene rings is 2. The second-order valence-electron chi connectivity index (χ2n) is 9.37. The third kappa shape index (κ3) is 7.10. The highest BCUT2D eigenvalue weighted by atomic mass is 32.2. The number of aliphatic hydroxyl groups is 1. The molecule has 2 aliphatic rings. The third-order valence-electron chi connectivity index (χ3n) is 6.90. The van der Waals surface area contributed by atoms with E-state index in [1.807, 2.05) is 30.3 Å². The lowest BCUT2D eigenvalue weighted by molar-refractivity contribution is -0.152. The van der Waals surface area contributed by atoms with Gasteiger partial charge in [0.15, 0.2) is 5.76 Å². The zero-order valence-electron chi connectivity index (χ0n) is 22.3. The second kappa shape index (κ2) is 13.3. The number of amides is 1. The molecule has 39 heavy (non-hydrogen) atoms. The SMILES string of the molecule is COc1ccc([C@H]2C=C(C(=O)N3CCCC3)O[C@@H](OCCN(CCO)S(=O)(=O)c3ccc(OC)cc3)C2)cc1. The molecule has 11 heteroatoms. The topological polar surface area (TPSA) is 115 Å². The standard InChI is InChI=1S/C28H36N2O8S/c1-35-23-7-5-21(6-8-23)22-19-26(28(32)29-13-3-4-14-29)38-27(20-22)37-18-16-30(15-17-31)39(33,34)25-11-9-24(36-2)10-12-25/h5-12,19,22,27,31H,3-4,13-18,20H2,1-2H3/t22-,27+/m0/s1. The van der Waals surface area contributed by atoms with Crippen LogP contribution in [0.1, 0.15) is 30.7 Å². The number of rotatable bonds is 12. The molecule has 2 aromatic rings. The summed E-state index contributed by atoms with van der Waals surface area (Å²) in [5, 5.41) is 9.52. The molecule has 2 aliphatic heterocycles. The van der Waals surface area contributed by atoms with E-state index in [1.54, 1.807) is 24.1 Å². The molecule has 0 radical (unpaired) electrons. The van der Waals surface area contributed by atoms with Gasteiger partial charge in [0.25, 0.3) is 5.91 Å². The highest BCUT2D eigenvalue weighted by molar-refractivity contribution is 7.89. The Morgan fingerprint density at radius 3 is 2.21 bits per heavy atom. The van der Waals surface area contributed by atoms with Gasteiger partial charge < -0.3 is 29.0 Å². The lowest BCUT2D eigenvalue weighted by Crippen LogP contribution is -2.38. The fourth-order valence-corrected chi connectivity index (χ4v) is 6.13. The van der Waals surface area contributed by atoms with Gasteiger partial charge in [-0.05, 0) is 60.9 Å². The Balaban J connectivity index is 1.46. The molecule has 0 saturated carbocycles. The van der Waals surface area contributed by atoms with E-state index in [4.69, 9.17) is 18.9 Å². The monoisotopic (exact) mass is 560 g/mol. The van der Waals surface area contributed by atoms with Crippen molar-refractivity contribution in [3.63, 3.8) is 0 Å². The molecule has 1 amide bonds. The molecule has 0 aliphatic carbocycles. The summed E-state index contributed by atoms with van der Waals surface area (Å²) in [5.74, 6) is 1.22. The molecule has 0 bridgehead atoms. The number of hydrogen-bond donors (Lipinski definition) is 1. The fraction of sp³-hybridized carbons (Fsp3) is 0.464. The number of carbonyl (C=O) groups is 1. The molecule has 2 atom stereocenters. The lowest BCUT2D eigenvalue weighted by atomic mass is 9.92. The van der Waals surface area contributed by atoms with Crippen molar-refractivity contribution in [2.75, 3.05) is 53.6 Å². The second-order valence-corrected chi connectivity index (χ2v) is 11.3. The largest absolute Gasteiger partial charge is 0.497 e. The number of ether oxygens (including phenoxy) is 4. The van der Waals surface area contributed by atoms with Crippen LogP contribution in [0.4, 0.5) is 0 Å². The molecule has 0 unspecified atom stereocenters. The summed E-state index contributed by atoms with van der Waals surface area (Å²) >= 11 is 0. The summed E-state index contributed by atoms with van der Waals surface area (Å²) in [6.07, 6.45) is 3.47. The van der Waals surface area contributed by atoms with Gasteiger partial charge in [-0.15, -0.1) is 0 Å². The van der Waals surface area contributed by atoms with Gasteiger partial charge in [0.05, 0.1) is 32.3 Å². The van der Waals surface area contributed by atoms with Gasteiger partial charge >= 0.3 is 0 Å². The number of nitrogens with zero attached hydrogens (tertiary/aromatic N) is 2. The summed E-state index contributed by atoms with van der Waals surface area (Å²) in [6.45, 7) is 0.971. The molecule has 2 heterocycles. The van der Waals surface area contributed by atoms with Crippen molar-refractivity contribution in [1.82, 2.24) is 9.21 Å². The summed E-state index contributed by atoms with van der Waals surface area (Å²) < 4.78 is 49.9. The minimum Gasteiger partial charge on any atom is -0.497 e. The number of methoxy groups -OCH3 is 2. The maximum Gasteiger partial charge on any atom is 0.288 e. The van der Waals surface area contributed by atoms with Gasteiger partial charge in [-0.25, -0.2) is 8.42 Å². The van der Waals surface area contributed by atoms with Crippen molar-refractivity contribution in [3.05, 3.63) is 65.9 Å². The summed E-state index contributed by atoms with van der Waals surface area (Å²) in [7, 11) is -0.763. The molecule has 2 aromatic carbocycles. The normalized spacial score (nSPS) is 19.5. The Bertz CT molecular complexity index is 1230. The van der Waals surface area contributed by atoms with Gasteiger partial charge in [0.1, 0.15) is 11.5 Å². The molecule has 0 spiro atoms. The first-order valence-corrected chi connectivity index (χ1v) is 14.5. The molecule has 212 valence electrons. The number of sulfonamides is 1. The Hall–Kier alpha value is -3.12. The van der Waals surface area contributed by atoms with Crippen LogP contribution in [0, 0.1) is 0 Å². The first kappa shape index (κ1) is 28.9. The highest BCUT2D eigenvalue weighted by Gasteiger charge is 2.32. The van der Waals surface area contributed by atoms with Gasteiger partial charge in [-0.3, -0.25) is 4.79 Å². The summed E-state index contributed by atoms with van der Waals surface area (Å²) in [5.41, 5.74) is 0.989. The van der Waals surface area contributed by atoms with Crippen LogP contribution in [0.15, 0.2) is 65.3 Å². The van der Waals surface area contributed by atoms with E-state index in [-0.39, 0.29) is 48.8 Å². The predicted octanol–water partition coefficient (Wildman–Crippen LogP) is 2.74. The minimum absolute atomic E-state index is 0.00110. The summed E-state index contributed by atoms with van der Waals surface area (Å²) in [6, 6.07) is 13.7. The number of likely N-dealkylation sites (tertiary alicyclic amines) is 1. The van der Waals surface area contributed by atoms with Crippen LogP contribution in [0.3, 0.4) is 0 Å². The molecule has 1 N–H and O–H groups in total. The van der Waals surface area contributed by atoms with Crippen molar-refractivity contribution < 1.29 is 37.3 Å². The van der Waals surface area contributed by atoms with Crippen LogP contribution in [0.5, 0.6) is 11.5 Å². The minimum atomic E-state index is -3.87. The number of carbonyl (C=O) groups excluding carboxylic acids is 1. The van der Waals surface area contributed by atoms with Gasteiger partial charge in [-0.1, -0.05) is 12.1 Å². The van der Waals surface area contributed by atoms with Crippen LogP contribution in [-0.4, -0.2) is 88.5 Å². The van der Waals surface area contributed by atoms with Gasteiger partial charge in [0.2, 0.25) is 16.3 Å². The van der Waals surface area contributed by atoms with Crippen molar-refractivity contribution in [2.24, 2.45) is 0 Å². The molecular formula is C28H36N2O8S. The highest BCUT2D eigenvalue weighted by Crippen LogP contribution is 2.33. The van der Waals surface area contributed by atoms with E-state index in [9.17, 15) is 18.3 Å². The maximum atomic E-state index is 13.2. The van der Waals surface area contributed by atoms with Crippen LogP contribution >= 0.6 is 0 Å². The van der Waals surface area contributed by atoms with Gasteiger partial charge in [-0.2, -0.15) is 4.31 Å². The van der Waals surface area contributed by atoms with Crippen LogP contribution in [0.25, 0.3) is 0 Å². The van der Waals surface area contributed by atoms with E-state index in [0.717, 1.165) is 24.2 Å². The molecular weight excluding hydrogens is 524 g/mol. The smallest absolute Gasteiger partial charge is 0.288 e. The number of aliphatic hydroxyl groups excluding tert-OH is 1. The zero-order valence-corrected chi connectivity index (χ0v) is 23.1. The third-order valence-corrected chi connectivity index (χ3v) is 8.81. The molecule has 0 aromatic heterocycles. The quantitative estimate of drug-likeness (QED) is 0.422. The Kier molecular flexibility index (Phi) is 9.84. The van der Waals surface area contributed by atoms with E-state index < -0.39 is 16.3 Å². The maximum absolute atomic E-state index is 13.2. The van der Waals surface area contributed by atoms with Crippen LogP contribution in [-0.2, 0) is 24.3 Å². The van der Waals surface area contributed by atoms with E-state index in [0.29, 0.717) is 25.3 Å². The van der Waals surface area contributed by atoms with Crippen LogP contribution < -0.4 is 9.47 Å². The Morgan fingerprint density at radius 2 is 1.62 bits per heavy atom. The molecule has 1 fully saturated rings. The first-order valence-electron chi connectivity index (χ1n) is 13.0. The average Bonchev–Trinajstić information content (AvgIpc) is 3.51. The Labute approximate surface area is 229 Å². The lowest BCUT2D eigenvalue weighted by Gasteiger charge is -2.31. The fourth-order valence-electron chi connectivity index (χ4n) is 4.72. The van der Waals surface area contributed by atoms with E-state index in [2.05, 4.69) is 0 Å². The van der Waals surface area contributed by atoms with E-state index >= 15 is 0 Å². The zero-order chi connectivity index (χ0) is 27.8. The predicted molar refractivity (Wildman–Crippen MR) is 144 cm³/mol. The molecule has 4 rings (SSSR count). The van der Waals surface area contributed by atoms with Crippen molar-refractivity contribution in [3.8, 4) is 11.5 Å². The summed E-state index contributed by atoms with van der Waals surface area (Å²) in [4.78, 5) is 15.0.